The summed E-state index contributed by atoms with van der Waals surface area (Å²) in [5, 5.41) is 7.86. The summed E-state index contributed by atoms with van der Waals surface area (Å²) in [6.07, 6.45) is 5.05. The Labute approximate surface area is 120 Å². The third-order valence-corrected chi connectivity index (χ3v) is 3.36. The maximum absolute atomic E-state index is 5.55. The average Bonchev–Trinajstić information content (AvgIpc) is 2.87. The van der Waals surface area contributed by atoms with E-state index in [4.69, 9.17) is 4.74 Å². The highest BCUT2D eigenvalue weighted by Crippen LogP contribution is 2.30. The minimum absolute atomic E-state index is 0.110. The molecule has 1 N–H and O–H groups in total. The van der Waals surface area contributed by atoms with Crippen molar-refractivity contribution in [2.45, 2.75) is 26.3 Å². The van der Waals surface area contributed by atoms with Crippen LogP contribution >= 0.6 is 0 Å². The van der Waals surface area contributed by atoms with Crippen molar-refractivity contribution in [2.75, 3.05) is 13.7 Å². The van der Waals surface area contributed by atoms with Crippen molar-refractivity contribution >= 4 is 0 Å². The number of hydrogen-bond acceptors (Lipinski definition) is 3. The highest BCUT2D eigenvalue weighted by molar-refractivity contribution is 5.43. The highest BCUT2D eigenvalue weighted by Gasteiger charge is 2.19. The molecule has 1 atom stereocenters. The number of benzene rings is 1. The van der Waals surface area contributed by atoms with E-state index < -0.39 is 0 Å². The van der Waals surface area contributed by atoms with Crippen molar-refractivity contribution in [1.82, 2.24) is 15.1 Å². The third kappa shape index (κ3) is 3.20. The van der Waals surface area contributed by atoms with E-state index in [0.29, 0.717) is 0 Å². The molecule has 0 bridgehead atoms. The second-order valence-corrected chi connectivity index (χ2v) is 5.08. The molecule has 0 amide bonds. The third-order valence-electron chi connectivity index (χ3n) is 3.36. The first-order chi connectivity index (χ1) is 9.65. The van der Waals surface area contributed by atoms with Gasteiger partial charge in [-0.25, -0.2) is 0 Å². The van der Waals surface area contributed by atoms with Crippen molar-refractivity contribution in [3.8, 4) is 5.75 Å². The fourth-order valence-corrected chi connectivity index (χ4v) is 2.34. The second kappa shape index (κ2) is 6.57. The van der Waals surface area contributed by atoms with E-state index >= 15 is 0 Å². The largest absolute Gasteiger partial charge is 0.496 e. The normalized spacial score (nSPS) is 12.4. The molecule has 0 fully saturated rings. The summed E-state index contributed by atoms with van der Waals surface area (Å²) in [5.41, 5.74) is 3.51. The number of ether oxygens (including phenoxy) is 1. The van der Waals surface area contributed by atoms with Gasteiger partial charge in [0.05, 0.1) is 19.3 Å². The number of methoxy groups -OCH3 is 1. The average molecular weight is 273 g/mol. The summed E-state index contributed by atoms with van der Waals surface area (Å²) in [6, 6.07) is 6.44. The zero-order valence-corrected chi connectivity index (χ0v) is 12.7. The van der Waals surface area contributed by atoms with Crippen molar-refractivity contribution in [3.63, 3.8) is 0 Å². The number of rotatable bonds is 6. The Morgan fingerprint density at radius 1 is 1.40 bits per heavy atom. The molecule has 0 saturated carbocycles. The van der Waals surface area contributed by atoms with Gasteiger partial charge < -0.3 is 10.1 Å². The highest BCUT2D eigenvalue weighted by atomic mass is 16.5. The van der Waals surface area contributed by atoms with Gasteiger partial charge in [-0.05, 0) is 31.5 Å². The standard InChI is InChI=1S/C16H23N3O/c1-5-8-17-16(13-10-18-19(3)11-13)14-7-6-12(2)9-15(14)20-4/h6-7,9-11,16-17H,5,8H2,1-4H3. The van der Waals surface area contributed by atoms with E-state index in [0.717, 1.165) is 29.8 Å². The van der Waals surface area contributed by atoms with Gasteiger partial charge in [-0.2, -0.15) is 5.10 Å². The van der Waals surface area contributed by atoms with Gasteiger partial charge in [0, 0.05) is 24.4 Å². The summed E-state index contributed by atoms with van der Waals surface area (Å²) < 4.78 is 7.38. The first-order valence-corrected chi connectivity index (χ1v) is 7.02. The zero-order valence-electron chi connectivity index (χ0n) is 12.7. The number of hydrogen-bond donors (Lipinski definition) is 1. The fraction of sp³-hybridized carbons (Fsp3) is 0.438. The molecule has 1 aromatic heterocycles. The molecule has 1 unspecified atom stereocenters. The van der Waals surface area contributed by atoms with Crippen molar-refractivity contribution < 1.29 is 4.74 Å². The van der Waals surface area contributed by atoms with Crippen LogP contribution < -0.4 is 10.1 Å². The van der Waals surface area contributed by atoms with Gasteiger partial charge >= 0.3 is 0 Å². The van der Waals surface area contributed by atoms with Gasteiger partial charge in [-0.3, -0.25) is 4.68 Å². The molecule has 20 heavy (non-hydrogen) atoms. The van der Waals surface area contributed by atoms with E-state index in [1.54, 1.807) is 7.11 Å². The Morgan fingerprint density at radius 3 is 2.80 bits per heavy atom. The molecule has 2 rings (SSSR count). The molecule has 108 valence electrons. The van der Waals surface area contributed by atoms with Gasteiger partial charge in [0.1, 0.15) is 5.75 Å². The van der Waals surface area contributed by atoms with Crippen LogP contribution in [-0.4, -0.2) is 23.4 Å². The Bertz CT molecular complexity index is 563. The Morgan fingerprint density at radius 2 is 2.20 bits per heavy atom. The van der Waals surface area contributed by atoms with Gasteiger partial charge in [-0.1, -0.05) is 19.1 Å². The molecular weight excluding hydrogens is 250 g/mol. The predicted molar refractivity (Wildman–Crippen MR) is 81.1 cm³/mol. The molecule has 2 aromatic rings. The van der Waals surface area contributed by atoms with Crippen LogP contribution in [0.15, 0.2) is 30.6 Å². The lowest BCUT2D eigenvalue weighted by molar-refractivity contribution is 0.403. The lowest BCUT2D eigenvalue weighted by atomic mass is 9.99. The number of aromatic nitrogens is 2. The zero-order chi connectivity index (χ0) is 14.5. The molecule has 4 heteroatoms. The smallest absolute Gasteiger partial charge is 0.124 e. The van der Waals surface area contributed by atoms with Crippen LogP contribution in [0.5, 0.6) is 5.75 Å². The Balaban J connectivity index is 2.40. The molecule has 1 heterocycles. The second-order valence-electron chi connectivity index (χ2n) is 5.08. The molecule has 4 nitrogen and oxygen atoms in total. The first-order valence-electron chi connectivity index (χ1n) is 7.02. The van der Waals surface area contributed by atoms with Crippen LogP contribution in [0.25, 0.3) is 0 Å². The summed E-state index contributed by atoms with van der Waals surface area (Å²) in [4.78, 5) is 0. The van der Waals surface area contributed by atoms with Crippen molar-refractivity contribution in [3.05, 3.63) is 47.3 Å². The summed E-state index contributed by atoms with van der Waals surface area (Å²) in [5.74, 6) is 0.919. The van der Waals surface area contributed by atoms with Gasteiger partial charge in [-0.15, -0.1) is 0 Å². The van der Waals surface area contributed by atoms with E-state index in [2.05, 4.69) is 42.5 Å². The number of nitrogens with zero attached hydrogens (tertiary/aromatic N) is 2. The molecule has 0 saturated heterocycles. The maximum atomic E-state index is 5.55. The maximum Gasteiger partial charge on any atom is 0.124 e. The first kappa shape index (κ1) is 14.6. The summed E-state index contributed by atoms with van der Waals surface area (Å²) in [7, 11) is 3.66. The van der Waals surface area contributed by atoms with Crippen LogP contribution in [0.1, 0.15) is 36.1 Å². The molecule has 0 aliphatic rings. The van der Waals surface area contributed by atoms with Crippen LogP contribution in [0.3, 0.4) is 0 Å². The molecular formula is C16H23N3O. The topological polar surface area (TPSA) is 39.1 Å². The Kier molecular flexibility index (Phi) is 4.79. The van der Waals surface area contributed by atoms with Gasteiger partial charge in [0.15, 0.2) is 0 Å². The SMILES string of the molecule is CCCNC(c1cnn(C)c1)c1ccc(C)cc1OC. The van der Waals surface area contributed by atoms with Crippen LogP contribution in [0.4, 0.5) is 0 Å². The molecule has 1 aromatic carbocycles. The van der Waals surface area contributed by atoms with E-state index in [1.165, 1.54) is 5.56 Å². The molecule has 0 radical (unpaired) electrons. The van der Waals surface area contributed by atoms with E-state index in [9.17, 15) is 0 Å². The fourth-order valence-electron chi connectivity index (χ4n) is 2.34. The summed E-state index contributed by atoms with van der Waals surface area (Å²) in [6.45, 7) is 5.20. The monoisotopic (exact) mass is 273 g/mol. The minimum Gasteiger partial charge on any atom is -0.496 e. The summed E-state index contributed by atoms with van der Waals surface area (Å²) >= 11 is 0. The lowest BCUT2D eigenvalue weighted by Gasteiger charge is -2.20. The van der Waals surface area contributed by atoms with Crippen LogP contribution in [0, 0.1) is 6.92 Å². The minimum atomic E-state index is 0.110. The van der Waals surface area contributed by atoms with E-state index in [1.807, 2.05) is 24.1 Å². The Hall–Kier alpha value is -1.81. The van der Waals surface area contributed by atoms with Crippen LogP contribution in [0.2, 0.25) is 0 Å². The van der Waals surface area contributed by atoms with Crippen molar-refractivity contribution in [1.29, 1.82) is 0 Å². The van der Waals surface area contributed by atoms with Crippen molar-refractivity contribution in [2.24, 2.45) is 7.05 Å². The molecule has 0 spiro atoms. The molecule has 0 aliphatic carbocycles. The number of nitrogens with one attached hydrogen (secondary N) is 1. The molecule has 0 aliphatic heterocycles. The predicted octanol–water partition coefficient (Wildman–Crippen LogP) is 2.83. The number of aryl methyl sites for hydroxylation is 2. The lowest BCUT2D eigenvalue weighted by Crippen LogP contribution is -2.23. The van der Waals surface area contributed by atoms with Crippen LogP contribution in [-0.2, 0) is 7.05 Å². The van der Waals surface area contributed by atoms with Gasteiger partial charge in [0.25, 0.3) is 0 Å². The van der Waals surface area contributed by atoms with E-state index in [-0.39, 0.29) is 6.04 Å². The van der Waals surface area contributed by atoms with Gasteiger partial charge in [0.2, 0.25) is 0 Å². The quantitative estimate of drug-likeness (QED) is 0.879.